The van der Waals surface area contributed by atoms with Crippen molar-refractivity contribution in [2.24, 2.45) is 0 Å². The van der Waals surface area contributed by atoms with Crippen molar-refractivity contribution in [3.63, 3.8) is 0 Å². The fourth-order valence-electron chi connectivity index (χ4n) is 3.03. The molecule has 1 aliphatic carbocycles. The number of rotatable bonds is 3. The average molecular weight is 275 g/mol. The van der Waals surface area contributed by atoms with Gasteiger partial charge in [0.2, 0.25) is 0 Å². The minimum Gasteiger partial charge on any atom is -0.383 e. The van der Waals surface area contributed by atoms with E-state index < -0.39 is 0 Å². The molecule has 0 amide bonds. The molecule has 0 spiro atoms. The highest BCUT2D eigenvalue weighted by atomic mass is 15.3. The first kappa shape index (κ1) is 13.6. The van der Waals surface area contributed by atoms with Gasteiger partial charge in [0.05, 0.1) is 0 Å². The maximum Gasteiger partial charge on any atom is 0.137 e. The van der Waals surface area contributed by atoms with Crippen molar-refractivity contribution in [1.29, 1.82) is 0 Å². The number of nitrogens with two attached hydrogens (primary N) is 1. The Balaban J connectivity index is 1.87. The van der Waals surface area contributed by atoms with Crippen LogP contribution >= 0.6 is 0 Å². The standard InChI is InChI=1S/C15H25N5/c1-10-13(16)17-14(11-6-7-11)18-15(10)20(3)12-5-4-8-19(2)9-12/h11-12H,4-9H2,1-3H3,(H2,16,17,18). The van der Waals surface area contributed by atoms with E-state index in [0.29, 0.717) is 17.8 Å². The van der Waals surface area contributed by atoms with Crippen molar-refractivity contribution in [1.82, 2.24) is 14.9 Å². The fraction of sp³-hybridized carbons (Fsp3) is 0.733. The van der Waals surface area contributed by atoms with E-state index in [0.717, 1.165) is 23.8 Å². The normalized spacial score (nSPS) is 23.9. The molecular formula is C15H25N5. The second kappa shape index (κ2) is 5.20. The van der Waals surface area contributed by atoms with Gasteiger partial charge >= 0.3 is 0 Å². The summed E-state index contributed by atoms with van der Waals surface area (Å²) in [6.45, 7) is 4.32. The lowest BCUT2D eigenvalue weighted by Gasteiger charge is -2.37. The second-order valence-corrected chi connectivity index (χ2v) is 6.36. The molecule has 3 rings (SSSR count). The number of hydrogen-bond acceptors (Lipinski definition) is 5. The van der Waals surface area contributed by atoms with E-state index in [1.807, 2.05) is 6.92 Å². The van der Waals surface area contributed by atoms with E-state index in [1.165, 1.54) is 32.2 Å². The van der Waals surface area contributed by atoms with E-state index in [2.05, 4.69) is 28.9 Å². The van der Waals surface area contributed by atoms with Crippen LogP contribution in [0.25, 0.3) is 0 Å². The zero-order chi connectivity index (χ0) is 14.3. The molecule has 1 saturated heterocycles. The highest BCUT2D eigenvalue weighted by Gasteiger charge is 2.30. The van der Waals surface area contributed by atoms with Gasteiger partial charge in [-0.3, -0.25) is 0 Å². The van der Waals surface area contributed by atoms with Crippen LogP contribution in [0.3, 0.4) is 0 Å². The monoisotopic (exact) mass is 275 g/mol. The van der Waals surface area contributed by atoms with Gasteiger partial charge in [-0.2, -0.15) is 0 Å². The third kappa shape index (κ3) is 2.59. The number of likely N-dealkylation sites (N-methyl/N-ethyl adjacent to an activating group) is 2. The molecule has 2 aliphatic rings. The second-order valence-electron chi connectivity index (χ2n) is 6.36. The van der Waals surface area contributed by atoms with Crippen LogP contribution in [0.1, 0.15) is 43.0 Å². The molecule has 2 heterocycles. The summed E-state index contributed by atoms with van der Waals surface area (Å²) in [5.74, 6) is 3.16. The minimum atomic E-state index is 0.522. The van der Waals surface area contributed by atoms with Crippen molar-refractivity contribution in [2.75, 3.05) is 37.8 Å². The summed E-state index contributed by atoms with van der Waals surface area (Å²) in [5.41, 5.74) is 7.11. The predicted molar refractivity (Wildman–Crippen MR) is 82.1 cm³/mol. The lowest BCUT2D eigenvalue weighted by Crippen LogP contribution is -2.45. The number of nitrogens with zero attached hydrogens (tertiary/aromatic N) is 4. The van der Waals surface area contributed by atoms with Gasteiger partial charge in [-0.25, -0.2) is 9.97 Å². The zero-order valence-electron chi connectivity index (χ0n) is 12.8. The van der Waals surface area contributed by atoms with Crippen molar-refractivity contribution in [3.05, 3.63) is 11.4 Å². The molecule has 1 aromatic rings. The van der Waals surface area contributed by atoms with Crippen LogP contribution in [-0.2, 0) is 0 Å². The number of piperidine rings is 1. The van der Waals surface area contributed by atoms with Crippen LogP contribution in [0.2, 0.25) is 0 Å². The van der Waals surface area contributed by atoms with Crippen LogP contribution in [-0.4, -0.2) is 48.1 Å². The molecule has 1 unspecified atom stereocenters. The Hall–Kier alpha value is -1.36. The molecule has 2 fully saturated rings. The summed E-state index contributed by atoms with van der Waals surface area (Å²) in [7, 11) is 4.34. The zero-order valence-corrected chi connectivity index (χ0v) is 12.8. The molecule has 1 aliphatic heterocycles. The van der Waals surface area contributed by atoms with Crippen LogP contribution < -0.4 is 10.6 Å². The predicted octanol–water partition coefficient (Wildman–Crippen LogP) is 1.78. The Morgan fingerprint density at radius 3 is 2.65 bits per heavy atom. The quantitative estimate of drug-likeness (QED) is 0.911. The number of hydrogen-bond donors (Lipinski definition) is 1. The molecule has 1 aromatic heterocycles. The number of anilines is 2. The van der Waals surface area contributed by atoms with E-state index in [4.69, 9.17) is 10.7 Å². The van der Waals surface area contributed by atoms with Crippen molar-refractivity contribution < 1.29 is 0 Å². The molecule has 0 bridgehead atoms. The molecule has 0 aromatic carbocycles. The van der Waals surface area contributed by atoms with E-state index >= 15 is 0 Å². The van der Waals surface area contributed by atoms with E-state index in [-0.39, 0.29) is 0 Å². The van der Waals surface area contributed by atoms with Crippen LogP contribution in [0, 0.1) is 6.92 Å². The highest BCUT2D eigenvalue weighted by Crippen LogP contribution is 2.39. The lowest BCUT2D eigenvalue weighted by molar-refractivity contribution is 0.247. The first-order valence-corrected chi connectivity index (χ1v) is 7.61. The summed E-state index contributed by atoms with van der Waals surface area (Å²) in [6.07, 6.45) is 4.89. The molecule has 0 radical (unpaired) electrons. The van der Waals surface area contributed by atoms with Crippen LogP contribution in [0.15, 0.2) is 0 Å². The Bertz CT molecular complexity index is 497. The number of nitrogen functional groups attached to an aromatic ring is 1. The van der Waals surface area contributed by atoms with Gasteiger partial charge in [-0.15, -0.1) is 0 Å². The Labute approximate surface area is 121 Å². The molecule has 110 valence electrons. The molecular weight excluding hydrogens is 250 g/mol. The molecule has 1 saturated carbocycles. The van der Waals surface area contributed by atoms with Gasteiger partial charge in [0.1, 0.15) is 17.5 Å². The maximum absolute atomic E-state index is 6.09. The highest BCUT2D eigenvalue weighted by molar-refractivity contribution is 5.57. The SMILES string of the molecule is Cc1c(N)nc(C2CC2)nc1N(C)C1CCCN(C)C1. The molecule has 20 heavy (non-hydrogen) atoms. The van der Waals surface area contributed by atoms with Gasteiger partial charge < -0.3 is 15.5 Å². The maximum atomic E-state index is 6.09. The summed E-state index contributed by atoms with van der Waals surface area (Å²) in [4.78, 5) is 14.0. The van der Waals surface area contributed by atoms with Crippen molar-refractivity contribution >= 4 is 11.6 Å². The Morgan fingerprint density at radius 1 is 1.25 bits per heavy atom. The number of likely N-dealkylation sites (tertiary alicyclic amines) is 1. The summed E-state index contributed by atoms with van der Waals surface area (Å²) >= 11 is 0. The third-order valence-electron chi connectivity index (χ3n) is 4.60. The van der Waals surface area contributed by atoms with E-state index in [9.17, 15) is 0 Å². The van der Waals surface area contributed by atoms with Gasteiger partial charge in [0.15, 0.2) is 0 Å². The Morgan fingerprint density at radius 2 is 2.00 bits per heavy atom. The van der Waals surface area contributed by atoms with Gasteiger partial charge in [0.25, 0.3) is 0 Å². The first-order chi connectivity index (χ1) is 9.56. The van der Waals surface area contributed by atoms with Crippen molar-refractivity contribution in [3.8, 4) is 0 Å². The molecule has 2 N–H and O–H groups in total. The minimum absolute atomic E-state index is 0.522. The molecule has 1 atom stereocenters. The van der Waals surface area contributed by atoms with Crippen LogP contribution in [0.4, 0.5) is 11.6 Å². The Kier molecular flexibility index (Phi) is 3.54. The summed E-state index contributed by atoms with van der Waals surface area (Å²) in [5, 5.41) is 0. The smallest absolute Gasteiger partial charge is 0.137 e. The van der Waals surface area contributed by atoms with Gasteiger partial charge in [0, 0.05) is 31.1 Å². The van der Waals surface area contributed by atoms with Gasteiger partial charge in [-0.1, -0.05) is 0 Å². The average Bonchev–Trinajstić information content (AvgIpc) is 3.25. The summed E-state index contributed by atoms with van der Waals surface area (Å²) < 4.78 is 0. The largest absolute Gasteiger partial charge is 0.383 e. The third-order valence-corrected chi connectivity index (χ3v) is 4.60. The lowest BCUT2D eigenvalue weighted by atomic mass is 10.0. The van der Waals surface area contributed by atoms with E-state index in [1.54, 1.807) is 0 Å². The van der Waals surface area contributed by atoms with Gasteiger partial charge in [-0.05, 0) is 46.2 Å². The first-order valence-electron chi connectivity index (χ1n) is 7.61. The van der Waals surface area contributed by atoms with Crippen LogP contribution in [0.5, 0.6) is 0 Å². The molecule has 5 heteroatoms. The van der Waals surface area contributed by atoms with Crippen molar-refractivity contribution in [2.45, 2.75) is 44.6 Å². The number of aromatic nitrogens is 2. The fourth-order valence-corrected chi connectivity index (χ4v) is 3.03. The summed E-state index contributed by atoms with van der Waals surface area (Å²) in [6, 6.07) is 0.522. The topological polar surface area (TPSA) is 58.3 Å². The molecule has 5 nitrogen and oxygen atoms in total.